The zero-order chi connectivity index (χ0) is 49.2. The van der Waals surface area contributed by atoms with Gasteiger partial charge >= 0.3 is 11.9 Å². The van der Waals surface area contributed by atoms with Crippen LogP contribution in [0, 0.1) is 0 Å². The van der Waals surface area contributed by atoms with E-state index in [1.807, 2.05) is 0 Å². The van der Waals surface area contributed by atoms with E-state index in [9.17, 15) is 14.7 Å². The van der Waals surface area contributed by atoms with Crippen LogP contribution in [0.3, 0.4) is 0 Å². The second-order valence-electron chi connectivity index (χ2n) is 16.8. The standard InChI is InChI=1S/C63H96O5/c1-3-5-7-9-11-13-15-17-19-21-22-23-24-25-26-27-28-29-30-31-32-33-34-35-36-37-38-39-40-42-44-46-48-50-52-54-56-58-63(66)68-61(59-64)60-67-62(65)57-55-53-51-49-47-45-43-41-20-18-16-14-12-10-8-6-4-2/h5-8,11-14,17-20,22-23,25-26,28-29,31-32,34-35,37-38,43,45,49,51,61,64H,3-4,9-10,15-16,21,24,27,30,33,36,39-42,44,46-48,50,52-60H2,1-2H3/b7-5-,8-6-,13-11-,14-12-,19-17-,20-18-,23-22-,26-25-,29-28-,32-31-,35-34-,38-37-,45-43-,51-49-. The fourth-order valence-corrected chi connectivity index (χ4v) is 6.58. The van der Waals surface area contributed by atoms with E-state index in [1.165, 1.54) is 38.5 Å². The molecular weight excluding hydrogens is 837 g/mol. The number of aliphatic hydroxyl groups is 1. The van der Waals surface area contributed by atoms with Gasteiger partial charge in [0, 0.05) is 12.8 Å². The van der Waals surface area contributed by atoms with Gasteiger partial charge < -0.3 is 14.6 Å². The summed E-state index contributed by atoms with van der Waals surface area (Å²) in [5.41, 5.74) is 0. The van der Waals surface area contributed by atoms with Gasteiger partial charge in [-0.2, -0.15) is 0 Å². The molecule has 0 aliphatic heterocycles. The third-order valence-corrected chi connectivity index (χ3v) is 10.5. The molecule has 0 aliphatic carbocycles. The molecule has 0 saturated heterocycles. The summed E-state index contributed by atoms with van der Waals surface area (Å²) < 4.78 is 10.6. The Bertz CT molecular complexity index is 1570. The van der Waals surface area contributed by atoms with E-state index >= 15 is 0 Å². The summed E-state index contributed by atoms with van der Waals surface area (Å²) >= 11 is 0. The van der Waals surface area contributed by atoms with Gasteiger partial charge in [0.1, 0.15) is 6.61 Å². The third-order valence-electron chi connectivity index (χ3n) is 10.5. The van der Waals surface area contributed by atoms with E-state index in [4.69, 9.17) is 9.47 Å². The second kappa shape index (κ2) is 56.6. The summed E-state index contributed by atoms with van der Waals surface area (Å²) in [6.07, 6.45) is 88.9. The van der Waals surface area contributed by atoms with Gasteiger partial charge in [0.15, 0.2) is 6.10 Å². The molecule has 0 aliphatic rings. The van der Waals surface area contributed by atoms with E-state index < -0.39 is 6.10 Å². The largest absolute Gasteiger partial charge is 0.462 e. The van der Waals surface area contributed by atoms with Crippen molar-refractivity contribution in [3.8, 4) is 0 Å². The highest BCUT2D eigenvalue weighted by atomic mass is 16.6. The van der Waals surface area contributed by atoms with Crippen molar-refractivity contribution >= 4 is 11.9 Å². The quantitative estimate of drug-likeness (QED) is 0.0374. The van der Waals surface area contributed by atoms with Crippen LogP contribution in [0.2, 0.25) is 0 Å². The number of esters is 2. The van der Waals surface area contributed by atoms with Crippen molar-refractivity contribution < 1.29 is 24.2 Å². The Labute approximate surface area is 417 Å². The molecule has 1 N–H and O–H groups in total. The van der Waals surface area contributed by atoms with Crippen LogP contribution in [-0.2, 0) is 19.1 Å². The summed E-state index contributed by atoms with van der Waals surface area (Å²) in [4.78, 5) is 24.4. The lowest BCUT2D eigenvalue weighted by Crippen LogP contribution is -2.28. The molecule has 5 heteroatoms. The van der Waals surface area contributed by atoms with Crippen LogP contribution in [0.1, 0.15) is 194 Å². The number of carbonyl (C=O) groups excluding carboxylic acids is 2. The minimum Gasteiger partial charge on any atom is -0.462 e. The van der Waals surface area contributed by atoms with E-state index in [2.05, 4.69) is 184 Å². The van der Waals surface area contributed by atoms with Crippen LogP contribution in [0.15, 0.2) is 170 Å². The molecule has 68 heavy (non-hydrogen) atoms. The number of unbranched alkanes of at least 4 members (excludes halogenated alkanes) is 10. The summed E-state index contributed by atoms with van der Waals surface area (Å²) in [7, 11) is 0. The molecule has 1 unspecified atom stereocenters. The maximum atomic E-state index is 12.3. The molecule has 0 bridgehead atoms. The smallest absolute Gasteiger partial charge is 0.306 e. The van der Waals surface area contributed by atoms with Gasteiger partial charge in [-0.1, -0.05) is 229 Å². The molecule has 0 saturated carbocycles. The molecule has 0 spiro atoms. The summed E-state index contributed by atoms with van der Waals surface area (Å²) in [6, 6.07) is 0. The molecule has 0 rings (SSSR count). The topological polar surface area (TPSA) is 72.8 Å². The first-order valence-corrected chi connectivity index (χ1v) is 26.7. The van der Waals surface area contributed by atoms with Crippen LogP contribution >= 0.6 is 0 Å². The summed E-state index contributed by atoms with van der Waals surface area (Å²) in [6.45, 7) is 3.84. The van der Waals surface area contributed by atoms with E-state index in [1.54, 1.807) is 0 Å². The van der Waals surface area contributed by atoms with Crippen LogP contribution in [0.5, 0.6) is 0 Å². The number of carbonyl (C=O) groups is 2. The predicted octanol–water partition coefficient (Wildman–Crippen LogP) is 18.2. The lowest BCUT2D eigenvalue weighted by atomic mass is 10.1. The number of hydrogen-bond donors (Lipinski definition) is 1. The van der Waals surface area contributed by atoms with Crippen LogP contribution in [0.25, 0.3) is 0 Å². The van der Waals surface area contributed by atoms with Crippen LogP contribution in [-0.4, -0.2) is 36.4 Å². The van der Waals surface area contributed by atoms with Gasteiger partial charge in [0.05, 0.1) is 6.61 Å². The first-order valence-electron chi connectivity index (χ1n) is 26.7. The highest BCUT2D eigenvalue weighted by Gasteiger charge is 2.16. The number of hydrogen-bond acceptors (Lipinski definition) is 5. The number of ether oxygens (including phenoxy) is 2. The summed E-state index contributed by atoms with van der Waals surface area (Å²) in [5, 5.41) is 9.62. The minimum atomic E-state index is -0.812. The van der Waals surface area contributed by atoms with Gasteiger partial charge in [-0.15, -0.1) is 0 Å². The Hall–Kier alpha value is -4.74. The Morgan fingerprint density at radius 3 is 0.926 bits per heavy atom. The molecule has 378 valence electrons. The lowest BCUT2D eigenvalue weighted by Gasteiger charge is -2.15. The molecule has 0 heterocycles. The molecule has 0 amide bonds. The lowest BCUT2D eigenvalue weighted by molar-refractivity contribution is -0.161. The van der Waals surface area contributed by atoms with Gasteiger partial charge in [0.2, 0.25) is 0 Å². The van der Waals surface area contributed by atoms with Crippen LogP contribution in [0.4, 0.5) is 0 Å². The Morgan fingerprint density at radius 2 is 0.603 bits per heavy atom. The van der Waals surface area contributed by atoms with Gasteiger partial charge in [-0.05, 0) is 122 Å². The van der Waals surface area contributed by atoms with Crippen molar-refractivity contribution in [3.05, 3.63) is 170 Å². The van der Waals surface area contributed by atoms with Crippen molar-refractivity contribution in [2.45, 2.75) is 200 Å². The molecule has 0 aromatic carbocycles. The molecule has 5 nitrogen and oxygen atoms in total. The fraction of sp³-hybridized carbons (Fsp3) is 0.524. The van der Waals surface area contributed by atoms with Crippen molar-refractivity contribution in [2.75, 3.05) is 13.2 Å². The first-order chi connectivity index (χ1) is 33.6. The Balaban J connectivity index is 3.66. The van der Waals surface area contributed by atoms with E-state index in [0.717, 1.165) is 122 Å². The van der Waals surface area contributed by atoms with Crippen molar-refractivity contribution in [1.29, 1.82) is 0 Å². The molecular formula is C63H96O5. The fourth-order valence-electron chi connectivity index (χ4n) is 6.58. The van der Waals surface area contributed by atoms with Crippen molar-refractivity contribution in [2.24, 2.45) is 0 Å². The molecule has 0 radical (unpaired) electrons. The summed E-state index contributed by atoms with van der Waals surface area (Å²) in [5.74, 6) is -0.681. The van der Waals surface area contributed by atoms with Gasteiger partial charge in [0.25, 0.3) is 0 Å². The highest BCUT2D eigenvalue weighted by molar-refractivity contribution is 5.70. The molecule has 0 fully saturated rings. The average Bonchev–Trinajstić information content (AvgIpc) is 3.34. The first kappa shape index (κ1) is 63.3. The number of rotatable bonds is 46. The Kier molecular flexibility index (Phi) is 52.6. The maximum Gasteiger partial charge on any atom is 0.306 e. The monoisotopic (exact) mass is 933 g/mol. The molecule has 0 aromatic heterocycles. The van der Waals surface area contributed by atoms with Crippen molar-refractivity contribution in [3.63, 3.8) is 0 Å². The molecule has 0 aromatic rings. The van der Waals surface area contributed by atoms with Gasteiger partial charge in [-0.25, -0.2) is 0 Å². The minimum absolute atomic E-state index is 0.109. The SMILES string of the molecule is CC/C=C\C/C=C\C/C=C\C/C=C\C/C=C\C/C=C\C/C=C\C/C=C\C/C=C\CCCCCCCCCCCC(=O)OC(CO)COC(=O)CCC/C=C\C/C=C\C/C=C\C/C=C\C/C=C\CC. The number of allylic oxidation sites excluding steroid dienone is 28. The third kappa shape index (κ3) is 53.9. The van der Waals surface area contributed by atoms with E-state index in [-0.39, 0.29) is 25.2 Å². The average molecular weight is 933 g/mol. The van der Waals surface area contributed by atoms with Crippen LogP contribution < -0.4 is 0 Å². The van der Waals surface area contributed by atoms with E-state index in [0.29, 0.717) is 19.3 Å². The highest BCUT2D eigenvalue weighted by Crippen LogP contribution is 2.13. The zero-order valence-electron chi connectivity index (χ0n) is 43.0. The second-order valence-corrected chi connectivity index (χ2v) is 16.8. The van der Waals surface area contributed by atoms with Gasteiger partial charge in [-0.3, -0.25) is 9.59 Å². The normalized spacial score (nSPS) is 13.6. The maximum absolute atomic E-state index is 12.3. The molecule has 1 atom stereocenters. The van der Waals surface area contributed by atoms with Crippen molar-refractivity contribution in [1.82, 2.24) is 0 Å². The number of aliphatic hydroxyl groups excluding tert-OH is 1. The zero-order valence-corrected chi connectivity index (χ0v) is 43.0. The Morgan fingerprint density at radius 1 is 0.338 bits per heavy atom. The predicted molar refractivity (Wildman–Crippen MR) is 297 cm³/mol.